The van der Waals surface area contributed by atoms with Gasteiger partial charge in [-0.3, -0.25) is 4.79 Å². The maximum Gasteiger partial charge on any atom is 0.303 e. The van der Waals surface area contributed by atoms with Gasteiger partial charge in [0.15, 0.2) is 0 Å². The van der Waals surface area contributed by atoms with Crippen LogP contribution in [0.25, 0.3) is 0 Å². The molecule has 0 radical (unpaired) electrons. The summed E-state index contributed by atoms with van der Waals surface area (Å²) in [5.74, 6) is -0.0691. The molecule has 0 aliphatic heterocycles. The van der Waals surface area contributed by atoms with Gasteiger partial charge in [-0.05, 0) is 36.3 Å². The smallest absolute Gasteiger partial charge is 0.303 e. The fourth-order valence-electron chi connectivity index (χ4n) is 1.91. The van der Waals surface area contributed by atoms with Crippen molar-refractivity contribution in [1.82, 2.24) is 0 Å². The Bertz CT molecular complexity index is 385. The van der Waals surface area contributed by atoms with Gasteiger partial charge in [0.25, 0.3) is 0 Å². The number of nitrogens with two attached hydrogens (primary N) is 1. The van der Waals surface area contributed by atoms with Crippen LogP contribution >= 0.6 is 0 Å². The number of carboxylic acid groups (broad SMARTS) is 1. The minimum absolute atomic E-state index is 0.134. The molecule has 0 amide bonds. The Labute approximate surface area is 95.3 Å². The van der Waals surface area contributed by atoms with Gasteiger partial charge in [0.1, 0.15) is 0 Å². The van der Waals surface area contributed by atoms with Crippen LogP contribution in [-0.4, -0.2) is 11.1 Å². The molecular weight excluding hydrogens is 202 g/mol. The van der Waals surface area contributed by atoms with Crippen molar-refractivity contribution in [3.63, 3.8) is 0 Å². The van der Waals surface area contributed by atoms with Gasteiger partial charge in [0.05, 0.1) is 0 Å². The van der Waals surface area contributed by atoms with Crippen molar-refractivity contribution in [2.24, 2.45) is 5.73 Å². The first kappa shape index (κ1) is 11.1. The van der Waals surface area contributed by atoms with Crippen LogP contribution in [0.5, 0.6) is 0 Å². The molecule has 0 bridgehead atoms. The Balaban J connectivity index is 2.01. The first-order chi connectivity index (χ1) is 7.66. The van der Waals surface area contributed by atoms with E-state index in [1.54, 1.807) is 0 Å². The summed E-state index contributed by atoms with van der Waals surface area (Å²) in [6.45, 7) is 0. The maximum atomic E-state index is 10.5. The van der Waals surface area contributed by atoms with Gasteiger partial charge in [-0.15, -0.1) is 0 Å². The quantitative estimate of drug-likeness (QED) is 0.799. The zero-order valence-corrected chi connectivity index (χ0v) is 9.23. The highest BCUT2D eigenvalue weighted by Crippen LogP contribution is 2.40. The first-order valence-electron chi connectivity index (χ1n) is 5.74. The summed E-state index contributed by atoms with van der Waals surface area (Å²) in [6, 6.07) is 8.10. The number of carboxylic acids is 1. The van der Waals surface area contributed by atoms with E-state index in [-0.39, 0.29) is 12.5 Å². The van der Waals surface area contributed by atoms with Crippen LogP contribution < -0.4 is 5.73 Å². The van der Waals surface area contributed by atoms with Crippen molar-refractivity contribution < 1.29 is 9.90 Å². The summed E-state index contributed by atoms with van der Waals surface area (Å²) in [4.78, 5) is 10.5. The summed E-state index contributed by atoms with van der Waals surface area (Å²) < 4.78 is 0. The van der Waals surface area contributed by atoms with Crippen molar-refractivity contribution in [2.75, 3.05) is 0 Å². The predicted molar refractivity (Wildman–Crippen MR) is 62.2 cm³/mol. The second-order valence-electron chi connectivity index (χ2n) is 4.48. The summed E-state index contributed by atoms with van der Waals surface area (Å²) in [5, 5.41) is 8.61. The Morgan fingerprint density at radius 1 is 1.50 bits per heavy atom. The molecule has 1 fully saturated rings. The third-order valence-electron chi connectivity index (χ3n) is 3.06. The van der Waals surface area contributed by atoms with Crippen molar-refractivity contribution in [2.45, 2.75) is 37.6 Å². The van der Waals surface area contributed by atoms with E-state index in [4.69, 9.17) is 10.8 Å². The number of carbonyl (C=O) groups is 1. The Hall–Kier alpha value is -1.35. The van der Waals surface area contributed by atoms with E-state index in [2.05, 4.69) is 12.1 Å². The van der Waals surface area contributed by atoms with Crippen LogP contribution in [0.2, 0.25) is 0 Å². The van der Waals surface area contributed by atoms with Crippen molar-refractivity contribution in [1.29, 1.82) is 0 Å². The van der Waals surface area contributed by atoms with E-state index >= 15 is 0 Å². The number of hydrogen-bond donors (Lipinski definition) is 2. The standard InChI is InChI=1S/C13H17NO2/c14-12(6-7-13(15)16)11-3-1-2-10(8-11)9-4-5-9/h1-3,8-9,12H,4-7,14H2,(H,15,16). The van der Waals surface area contributed by atoms with E-state index in [1.165, 1.54) is 18.4 Å². The molecular formula is C13H17NO2. The molecule has 1 atom stereocenters. The molecule has 2 rings (SSSR count). The molecule has 0 saturated heterocycles. The highest BCUT2D eigenvalue weighted by molar-refractivity contribution is 5.66. The molecule has 1 aromatic rings. The van der Waals surface area contributed by atoms with Crippen LogP contribution in [0.3, 0.4) is 0 Å². The second kappa shape index (κ2) is 4.66. The molecule has 3 N–H and O–H groups in total. The molecule has 0 aromatic heterocycles. The topological polar surface area (TPSA) is 63.3 Å². The highest BCUT2D eigenvalue weighted by atomic mass is 16.4. The maximum absolute atomic E-state index is 10.5. The Morgan fingerprint density at radius 2 is 2.25 bits per heavy atom. The zero-order chi connectivity index (χ0) is 11.5. The van der Waals surface area contributed by atoms with Gasteiger partial charge in [-0.2, -0.15) is 0 Å². The summed E-state index contributed by atoms with van der Waals surface area (Å²) >= 11 is 0. The normalized spacial score (nSPS) is 17.1. The molecule has 3 heteroatoms. The fourth-order valence-corrected chi connectivity index (χ4v) is 1.91. The lowest BCUT2D eigenvalue weighted by atomic mass is 9.99. The third-order valence-corrected chi connectivity index (χ3v) is 3.06. The van der Waals surface area contributed by atoms with Gasteiger partial charge in [-0.1, -0.05) is 24.3 Å². The van der Waals surface area contributed by atoms with E-state index < -0.39 is 5.97 Å². The van der Waals surface area contributed by atoms with E-state index in [0.29, 0.717) is 12.3 Å². The van der Waals surface area contributed by atoms with Gasteiger partial charge >= 0.3 is 5.97 Å². The predicted octanol–water partition coefficient (Wildman–Crippen LogP) is 2.43. The van der Waals surface area contributed by atoms with E-state index in [1.807, 2.05) is 12.1 Å². The van der Waals surface area contributed by atoms with Crippen LogP contribution in [0.4, 0.5) is 0 Å². The number of hydrogen-bond acceptors (Lipinski definition) is 2. The summed E-state index contributed by atoms with van der Waals surface area (Å²) in [6.07, 6.45) is 3.18. The lowest BCUT2D eigenvalue weighted by Crippen LogP contribution is -2.12. The third kappa shape index (κ3) is 2.83. The average molecular weight is 219 g/mol. The monoisotopic (exact) mass is 219 g/mol. The lowest BCUT2D eigenvalue weighted by Gasteiger charge is -2.11. The SMILES string of the molecule is NC(CCC(=O)O)c1cccc(C2CC2)c1. The van der Waals surface area contributed by atoms with Crippen molar-refractivity contribution >= 4 is 5.97 Å². The van der Waals surface area contributed by atoms with Crippen LogP contribution in [0, 0.1) is 0 Å². The van der Waals surface area contributed by atoms with E-state index in [9.17, 15) is 4.79 Å². The van der Waals surface area contributed by atoms with Crippen molar-refractivity contribution in [3.05, 3.63) is 35.4 Å². The van der Waals surface area contributed by atoms with E-state index in [0.717, 1.165) is 5.56 Å². The molecule has 86 valence electrons. The first-order valence-corrected chi connectivity index (χ1v) is 5.74. The minimum Gasteiger partial charge on any atom is -0.481 e. The largest absolute Gasteiger partial charge is 0.481 e. The Kier molecular flexibility index (Phi) is 3.25. The average Bonchev–Trinajstić information content (AvgIpc) is 3.10. The highest BCUT2D eigenvalue weighted by Gasteiger charge is 2.23. The summed E-state index contributed by atoms with van der Waals surface area (Å²) in [5.41, 5.74) is 8.38. The molecule has 1 aliphatic rings. The minimum atomic E-state index is -0.784. The molecule has 1 unspecified atom stereocenters. The van der Waals surface area contributed by atoms with Crippen LogP contribution in [0.1, 0.15) is 48.8 Å². The Morgan fingerprint density at radius 3 is 2.88 bits per heavy atom. The van der Waals surface area contributed by atoms with Gasteiger partial charge in [-0.25, -0.2) is 0 Å². The molecule has 3 nitrogen and oxygen atoms in total. The van der Waals surface area contributed by atoms with Crippen LogP contribution in [0.15, 0.2) is 24.3 Å². The fraction of sp³-hybridized carbons (Fsp3) is 0.462. The molecule has 16 heavy (non-hydrogen) atoms. The van der Waals surface area contributed by atoms with Gasteiger partial charge in [0, 0.05) is 12.5 Å². The lowest BCUT2D eigenvalue weighted by molar-refractivity contribution is -0.137. The molecule has 1 aromatic carbocycles. The van der Waals surface area contributed by atoms with Gasteiger partial charge in [0.2, 0.25) is 0 Å². The molecule has 1 aliphatic carbocycles. The molecule has 1 saturated carbocycles. The number of aliphatic carboxylic acids is 1. The number of benzene rings is 1. The number of rotatable bonds is 5. The summed E-state index contributed by atoms with van der Waals surface area (Å²) in [7, 11) is 0. The zero-order valence-electron chi connectivity index (χ0n) is 9.23. The van der Waals surface area contributed by atoms with Gasteiger partial charge < -0.3 is 10.8 Å². The van der Waals surface area contributed by atoms with Crippen LogP contribution in [-0.2, 0) is 4.79 Å². The second-order valence-corrected chi connectivity index (χ2v) is 4.48. The molecule has 0 spiro atoms. The molecule has 0 heterocycles. The van der Waals surface area contributed by atoms with Crippen molar-refractivity contribution in [3.8, 4) is 0 Å².